The van der Waals surface area contributed by atoms with Crippen molar-refractivity contribution in [3.8, 4) is 0 Å². The molecule has 3 aliphatic rings. The average Bonchev–Trinajstić information content (AvgIpc) is 3.43. The van der Waals surface area contributed by atoms with Crippen LogP contribution in [0.1, 0.15) is 37.1 Å². The SMILES string of the molecule is c1cc(N(C2CC2)C2CCN(Cc3cc4n(n3)CCOC4)CC2)ncn1. The molecule has 2 fully saturated rings. The van der Waals surface area contributed by atoms with Gasteiger partial charge in [-0.1, -0.05) is 0 Å². The highest BCUT2D eigenvalue weighted by Crippen LogP contribution is 2.35. The Kier molecular flexibility index (Phi) is 4.34. The molecule has 2 aromatic heterocycles. The van der Waals surface area contributed by atoms with Crippen molar-refractivity contribution in [3.05, 3.63) is 36.0 Å². The van der Waals surface area contributed by atoms with E-state index >= 15 is 0 Å². The molecule has 0 aromatic carbocycles. The van der Waals surface area contributed by atoms with Crippen LogP contribution in [-0.2, 0) is 24.4 Å². The fourth-order valence-corrected chi connectivity index (χ4v) is 4.28. The zero-order valence-electron chi connectivity index (χ0n) is 15.1. The maximum absolute atomic E-state index is 5.52. The first-order valence-electron chi connectivity index (χ1n) is 9.77. The minimum atomic E-state index is 0.595. The van der Waals surface area contributed by atoms with Gasteiger partial charge in [0.05, 0.1) is 31.1 Å². The van der Waals surface area contributed by atoms with Gasteiger partial charge in [-0.05, 0) is 37.8 Å². The van der Waals surface area contributed by atoms with Crippen molar-refractivity contribution < 1.29 is 4.74 Å². The molecule has 7 heteroatoms. The van der Waals surface area contributed by atoms with E-state index < -0.39 is 0 Å². The van der Waals surface area contributed by atoms with Crippen LogP contribution in [0.2, 0.25) is 0 Å². The monoisotopic (exact) mass is 354 g/mol. The van der Waals surface area contributed by atoms with Crippen LogP contribution in [0, 0.1) is 0 Å². The summed E-state index contributed by atoms with van der Waals surface area (Å²) in [5, 5.41) is 4.75. The Morgan fingerprint density at radius 1 is 1.12 bits per heavy atom. The molecule has 0 radical (unpaired) electrons. The van der Waals surface area contributed by atoms with E-state index in [9.17, 15) is 0 Å². The van der Waals surface area contributed by atoms with Gasteiger partial charge < -0.3 is 9.64 Å². The largest absolute Gasteiger partial charge is 0.373 e. The maximum Gasteiger partial charge on any atom is 0.132 e. The molecule has 1 saturated carbocycles. The van der Waals surface area contributed by atoms with Gasteiger partial charge in [-0.25, -0.2) is 9.97 Å². The molecule has 138 valence electrons. The van der Waals surface area contributed by atoms with Crippen LogP contribution in [0.15, 0.2) is 24.7 Å². The molecule has 2 aromatic rings. The number of likely N-dealkylation sites (tertiary alicyclic amines) is 1. The topological polar surface area (TPSA) is 59.3 Å². The van der Waals surface area contributed by atoms with E-state index in [1.54, 1.807) is 6.33 Å². The Bertz CT molecular complexity index is 712. The van der Waals surface area contributed by atoms with Gasteiger partial charge in [-0.3, -0.25) is 9.58 Å². The third-order valence-electron chi connectivity index (χ3n) is 5.72. The first-order valence-corrected chi connectivity index (χ1v) is 9.77. The van der Waals surface area contributed by atoms with Crippen molar-refractivity contribution >= 4 is 5.82 Å². The molecule has 1 saturated heterocycles. The summed E-state index contributed by atoms with van der Waals surface area (Å²) in [5.74, 6) is 1.10. The highest BCUT2D eigenvalue weighted by molar-refractivity contribution is 5.41. The van der Waals surface area contributed by atoms with E-state index in [4.69, 9.17) is 9.84 Å². The fourth-order valence-electron chi connectivity index (χ4n) is 4.28. The molecule has 2 aliphatic heterocycles. The van der Waals surface area contributed by atoms with Crippen LogP contribution in [0.3, 0.4) is 0 Å². The average molecular weight is 354 g/mol. The normalized spacial score (nSPS) is 21.5. The second-order valence-corrected chi connectivity index (χ2v) is 7.62. The second kappa shape index (κ2) is 6.96. The molecule has 0 atom stereocenters. The number of nitrogens with zero attached hydrogens (tertiary/aromatic N) is 6. The molecular formula is C19H26N6O. The third kappa shape index (κ3) is 3.33. The number of anilines is 1. The molecule has 0 unspecified atom stereocenters. The van der Waals surface area contributed by atoms with Crippen molar-refractivity contribution in [1.29, 1.82) is 0 Å². The highest BCUT2D eigenvalue weighted by Gasteiger charge is 2.36. The summed E-state index contributed by atoms with van der Waals surface area (Å²) in [6.45, 7) is 5.55. The first-order chi connectivity index (χ1) is 12.9. The Morgan fingerprint density at radius 3 is 2.69 bits per heavy atom. The lowest BCUT2D eigenvalue weighted by molar-refractivity contribution is 0.0799. The van der Waals surface area contributed by atoms with E-state index in [1.165, 1.54) is 37.1 Å². The van der Waals surface area contributed by atoms with Crippen LogP contribution in [0.5, 0.6) is 0 Å². The first kappa shape index (κ1) is 16.2. The standard InChI is InChI=1S/C19H26N6O/c1-2-16(1)25(19-3-6-20-14-21-19)17-4-7-23(8-5-17)12-15-11-18-13-26-10-9-24(18)22-15/h3,6,11,14,16-17H,1-2,4-5,7-10,12-13H2. The smallest absolute Gasteiger partial charge is 0.132 e. The van der Waals surface area contributed by atoms with Gasteiger partial charge in [-0.15, -0.1) is 0 Å². The molecular weight excluding hydrogens is 328 g/mol. The lowest BCUT2D eigenvalue weighted by atomic mass is 10.0. The molecule has 7 nitrogen and oxygen atoms in total. The zero-order valence-corrected chi connectivity index (χ0v) is 15.1. The molecule has 0 amide bonds. The quantitative estimate of drug-likeness (QED) is 0.817. The van der Waals surface area contributed by atoms with Crippen molar-refractivity contribution in [3.63, 3.8) is 0 Å². The third-order valence-corrected chi connectivity index (χ3v) is 5.72. The van der Waals surface area contributed by atoms with Gasteiger partial charge in [-0.2, -0.15) is 5.10 Å². The van der Waals surface area contributed by atoms with Crippen LogP contribution in [-0.4, -0.2) is 56.4 Å². The van der Waals surface area contributed by atoms with E-state index in [0.717, 1.165) is 38.6 Å². The summed E-state index contributed by atoms with van der Waals surface area (Å²) in [6, 6.07) is 5.55. The number of rotatable bonds is 5. The molecule has 4 heterocycles. The number of piperidine rings is 1. The number of fused-ring (bicyclic) bond motifs is 1. The lowest BCUT2D eigenvalue weighted by Crippen LogP contribution is -2.46. The Morgan fingerprint density at radius 2 is 1.96 bits per heavy atom. The molecule has 26 heavy (non-hydrogen) atoms. The number of hydrogen-bond donors (Lipinski definition) is 0. The van der Waals surface area contributed by atoms with Crippen molar-refractivity contribution in [2.75, 3.05) is 24.6 Å². The molecule has 0 spiro atoms. The fraction of sp³-hybridized carbons (Fsp3) is 0.632. The predicted octanol–water partition coefficient (Wildman–Crippen LogP) is 1.84. The lowest BCUT2D eigenvalue weighted by Gasteiger charge is -2.39. The number of ether oxygens (including phenoxy) is 1. The Balaban J connectivity index is 1.21. The minimum Gasteiger partial charge on any atom is -0.373 e. The van der Waals surface area contributed by atoms with E-state index in [-0.39, 0.29) is 0 Å². The van der Waals surface area contributed by atoms with E-state index in [2.05, 4.69) is 36.6 Å². The van der Waals surface area contributed by atoms with Gasteiger partial charge in [0.2, 0.25) is 0 Å². The van der Waals surface area contributed by atoms with Gasteiger partial charge in [0.15, 0.2) is 0 Å². The van der Waals surface area contributed by atoms with Gasteiger partial charge >= 0.3 is 0 Å². The predicted molar refractivity (Wildman–Crippen MR) is 97.7 cm³/mol. The Labute approximate surface area is 154 Å². The molecule has 0 bridgehead atoms. The molecule has 5 rings (SSSR count). The van der Waals surface area contributed by atoms with Crippen LogP contribution in [0.25, 0.3) is 0 Å². The van der Waals surface area contributed by atoms with E-state index in [1.807, 2.05) is 6.20 Å². The highest BCUT2D eigenvalue weighted by atomic mass is 16.5. The summed E-state index contributed by atoms with van der Waals surface area (Å²) in [6.07, 6.45) is 8.51. The summed E-state index contributed by atoms with van der Waals surface area (Å²) >= 11 is 0. The van der Waals surface area contributed by atoms with Gasteiger partial charge in [0.25, 0.3) is 0 Å². The van der Waals surface area contributed by atoms with Gasteiger partial charge in [0, 0.05) is 37.9 Å². The molecule has 0 N–H and O–H groups in total. The minimum absolute atomic E-state index is 0.595. The number of hydrogen-bond acceptors (Lipinski definition) is 6. The molecule has 1 aliphatic carbocycles. The zero-order chi connectivity index (χ0) is 17.3. The van der Waals surface area contributed by atoms with Crippen LogP contribution in [0.4, 0.5) is 5.82 Å². The van der Waals surface area contributed by atoms with Crippen LogP contribution >= 0.6 is 0 Å². The number of aromatic nitrogens is 4. The summed E-state index contributed by atoms with van der Waals surface area (Å²) in [7, 11) is 0. The van der Waals surface area contributed by atoms with E-state index in [0.29, 0.717) is 18.7 Å². The van der Waals surface area contributed by atoms with Crippen molar-refractivity contribution in [2.24, 2.45) is 0 Å². The second-order valence-electron chi connectivity index (χ2n) is 7.62. The van der Waals surface area contributed by atoms with Crippen LogP contribution < -0.4 is 4.90 Å². The summed E-state index contributed by atoms with van der Waals surface area (Å²) in [5.41, 5.74) is 2.39. The van der Waals surface area contributed by atoms with Gasteiger partial charge in [0.1, 0.15) is 12.1 Å². The van der Waals surface area contributed by atoms with Crippen molar-refractivity contribution in [2.45, 2.75) is 57.5 Å². The Hall–Kier alpha value is -1.99. The summed E-state index contributed by atoms with van der Waals surface area (Å²) < 4.78 is 7.63. The van der Waals surface area contributed by atoms with Crippen molar-refractivity contribution in [1.82, 2.24) is 24.6 Å². The maximum atomic E-state index is 5.52. The summed E-state index contributed by atoms with van der Waals surface area (Å²) in [4.78, 5) is 13.7.